The monoisotopic (exact) mass is 278 g/mol. The third kappa shape index (κ3) is 1.59. The van der Waals surface area contributed by atoms with E-state index in [0.717, 1.165) is 25.8 Å². The van der Waals surface area contributed by atoms with Crippen molar-refractivity contribution in [2.45, 2.75) is 37.8 Å². The fraction of sp³-hybridized carbons (Fsp3) is 0.867. The average Bonchev–Trinajstić information content (AvgIpc) is 3.02. The Kier molecular flexibility index (Phi) is 2.65. The predicted molar refractivity (Wildman–Crippen MR) is 71.6 cm³/mol. The molecular weight excluding hydrogens is 256 g/mol. The number of carbonyl (C=O) groups is 2. The molecule has 2 saturated carbocycles. The summed E-state index contributed by atoms with van der Waals surface area (Å²) in [4.78, 5) is 28.2. The summed E-state index contributed by atoms with van der Waals surface area (Å²) in [7, 11) is 1.80. The number of hydrogen-bond acceptors (Lipinski definition) is 3. The Bertz CT molecular complexity index is 464. The smallest absolute Gasteiger partial charge is 0.226 e. The third-order valence-electron chi connectivity index (χ3n) is 6.14. The molecule has 2 aliphatic heterocycles. The second-order valence-corrected chi connectivity index (χ2v) is 7.13. The minimum Gasteiger partial charge on any atom is -0.391 e. The van der Waals surface area contributed by atoms with Gasteiger partial charge in [-0.2, -0.15) is 0 Å². The summed E-state index contributed by atoms with van der Waals surface area (Å²) in [6, 6.07) is 0.0426. The molecule has 0 radical (unpaired) electrons. The zero-order valence-electron chi connectivity index (χ0n) is 11.9. The summed E-state index contributed by atoms with van der Waals surface area (Å²) in [6.07, 6.45) is 2.95. The van der Waals surface area contributed by atoms with E-state index in [1.165, 1.54) is 0 Å². The van der Waals surface area contributed by atoms with E-state index in [2.05, 4.69) is 0 Å². The summed E-state index contributed by atoms with van der Waals surface area (Å²) < 4.78 is 0. The van der Waals surface area contributed by atoms with Crippen LogP contribution >= 0.6 is 0 Å². The van der Waals surface area contributed by atoms with Gasteiger partial charge in [0.1, 0.15) is 0 Å². The van der Waals surface area contributed by atoms with Gasteiger partial charge in [0.05, 0.1) is 12.1 Å². The Morgan fingerprint density at radius 1 is 1.30 bits per heavy atom. The lowest BCUT2D eigenvalue weighted by Crippen LogP contribution is -2.48. The van der Waals surface area contributed by atoms with E-state index in [9.17, 15) is 14.7 Å². The molecule has 4 rings (SSSR count). The van der Waals surface area contributed by atoms with Gasteiger partial charge in [-0.3, -0.25) is 9.59 Å². The maximum Gasteiger partial charge on any atom is 0.226 e. The van der Waals surface area contributed by atoms with Gasteiger partial charge in [0.15, 0.2) is 0 Å². The van der Waals surface area contributed by atoms with Crippen molar-refractivity contribution in [1.29, 1.82) is 0 Å². The first-order valence-corrected chi connectivity index (χ1v) is 7.78. The van der Waals surface area contributed by atoms with E-state index < -0.39 is 0 Å². The lowest BCUT2D eigenvalue weighted by atomic mass is 9.88. The van der Waals surface area contributed by atoms with Crippen molar-refractivity contribution in [3.05, 3.63) is 0 Å². The predicted octanol–water partition coefficient (Wildman–Crippen LogP) is 0.0825. The molecule has 2 heterocycles. The normalized spacial score (nSPS) is 46.4. The number of carbonyl (C=O) groups excluding carboxylic acids is 2. The van der Waals surface area contributed by atoms with Crippen LogP contribution in [0.3, 0.4) is 0 Å². The molecule has 0 aromatic carbocycles. The van der Waals surface area contributed by atoms with Crippen LogP contribution in [0.25, 0.3) is 0 Å². The van der Waals surface area contributed by atoms with Crippen LogP contribution in [0.15, 0.2) is 0 Å². The molecule has 0 unspecified atom stereocenters. The topological polar surface area (TPSA) is 60.9 Å². The molecule has 2 amide bonds. The number of fused-ring (bicyclic) bond motifs is 1. The van der Waals surface area contributed by atoms with E-state index >= 15 is 0 Å². The van der Waals surface area contributed by atoms with Crippen LogP contribution in [0.4, 0.5) is 0 Å². The number of hydrogen-bond donors (Lipinski definition) is 1. The lowest BCUT2D eigenvalue weighted by molar-refractivity contribution is -0.146. The van der Waals surface area contributed by atoms with Crippen molar-refractivity contribution in [2.24, 2.45) is 23.7 Å². The molecule has 5 nitrogen and oxygen atoms in total. The molecule has 4 aliphatic rings. The van der Waals surface area contributed by atoms with Gasteiger partial charge in [-0.05, 0) is 37.0 Å². The largest absolute Gasteiger partial charge is 0.391 e. The maximum atomic E-state index is 12.7. The highest BCUT2D eigenvalue weighted by Gasteiger charge is 2.60. The number of amides is 2. The van der Waals surface area contributed by atoms with Crippen LogP contribution in [0, 0.1) is 23.7 Å². The van der Waals surface area contributed by atoms with Crippen LogP contribution in [0.2, 0.25) is 0 Å². The highest BCUT2D eigenvalue weighted by molar-refractivity contribution is 5.87. The highest BCUT2D eigenvalue weighted by atomic mass is 16.3. The van der Waals surface area contributed by atoms with Gasteiger partial charge in [0, 0.05) is 32.5 Å². The van der Waals surface area contributed by atoms with Gasteiger partial charge in [0.25, 0.3) is 0 Å². The summed E-state index contributed by atoms with van der Waals surface area (Å²) >= 11 is 0. The maximum absolute atomic E-state index is 12.7. The third-order valence-corrected chi connectivity index (χ3v) is 6.14. The SMILES string of the molecule is CN1CC[C@H](C(=O)N2C[C@@H]3C[C@H]4C[C@H]3[C@@H]2[C@H]4O)CC1=O. The first kappa shape index (κ1) is 12.6. The minimum absolute atomic E-state index is 0.0426. The van der Waals surface area contributed by atoms with Gasteiger partial charge in [-0.1, -0.05) is 0 Å². The Balaban J connectivity index is 1.51. The zero-order valence-corrected chi connectivity index (χ0v) is 11.9. The molecule has 0 aromatic rings. The Morgan fingerprint density at radius 2 is 2.10 bits per heavy atom. The van der Waals surface area contributed by atoms with Gasteiger partial charge in [-0.15, -0.1) is 0 Å². The number of rotatable bonds is 1. The second-order valence-electron chi connectivity index (χ2n) is 7.13. The highest BCUT2D eigenvalue weighted by Crippen LogP contribution is 2.55. The standard InChI is InChI=1S/C15H22N2O3/c1-16-3-2-8(6-12(16)18)15(20)17-7-10-4-9-5-11(10)13(17)14(9)19/h8-11,13-14,19H,2-7H2,1H3/t8-,9-,10-,11+,13+,14-/m0/s1. The zero-order chi connectivity index (χ0) is 14.0. The van der Waals surface area contributed by atoms with E-state index in [1.54, 1.807) is 11.9 Å². The quantitative estimate of drug-likeness (QED) is 0.739. The Hall–Kier alpha value is -1.10. The Morgan fingerprint density at radius 3 is 2.80 bits per heavy atom. The van der Waals surface area contributed by atoms with Gasteiger partial charge < -0.3 is 14.9 Å². The molecule has 6 atom stereocenters. The average molecular weight is 278 g/mol. The molecule has 1 N–H and O–H groups in total. The van der Waals surface area contributed by atoms with Crippen LogP contribution in [0.1, 0.15) is 25.7 Å². The van der Waals surface area contributed by atoms with E-state index in [-0.39, 0.29) is 29.9 Å². The van der Waals surface area contributed by atoms with Gasteiger partial charge in [0.2, 0.25) is 11.8 Å². The molecule has 0 aromatic heterocycles. The number of piperidine rings is 1. The Labute approximate surface area is 118 Å². The molecule has 4 fully saturated rings. The summed E-state index contributed by atoms with van der Waals surface area (Å²) in [5.41, 5.74) is 0. The van der Waals surface area contributed by atoms with Gasteiger partial charge in [-0.25, -0.2) is 0 Å². The molecule has 2 aliphatic carbocycles. The van der Waals surface area contributed by atoms with Crippen molar-refractivity contribution in [1.82, 2.24) is 9.80 Å². The van der Waals surface area contributed by atoms with Crippen molar-refractivity contribution >= 4 is 11.8 Å². The van der Waals surface area contributed by atoms with E-state index in [1.807, 2.05) is 4.90 Å². The van der Waals surface area contributed by atoms with Crippen LogP contribution in [-0.2, 0) is 9.59 Å². The van der Waals surface area contributed by atoms with Crippen molar-refractivity contribution in [2.75, 3.05) is 20.1 Å². The first-order valence-electron chi connectivity index (χ1n) is 7.78. The fourth-order valence-electron chi connectivity index (χ4n) is 5.06. The first-order chi connectivity index (χ1) is 9.56. The minimum atomic E-state index is -0.329. The molecule has 0 spiro atoms. The van der Waals surface area contributed by atoms with Gasteiger partial charge >= 0.3 is 0 Å². The summed E-state index contributed by atoms with van der Waals surface area (Å²) in [5, 5.41) is 10.3. The second kappa shape index (κ2) is 4.20. The molecule has 2 saturated heterocycles. The molecular formula is C15H22N2O3. The number of likely N-dealkylation sites (tertiary alicyclic amines) is 2. The van der Waals surface area contributed by atoms with Crippen LogP contribution in [-0.4, -0.2) is 59.0 Å². The van der Waals surface area contributed by atoms with Crippen molar-refractivity contribution in [3.63, 3.8) is 0 Å². The summed E-state index contributed by atoms with van der Waals surface area (Å²) in [6.45, 7) is 1.48. The fourth-order valence-corrected chi connectivity index (χ4v) is 5.06. The molecule has 2 bridgehead atoms. The van der Waals surface area contributed by atoms with Crippen molar-refractivity contribution in [3.8, 4) is 0 Å². The van der Waals surface area contributed by atoms with Crippen LogP contribution < -0.4 is 0 Å². The number of aliphatic hydroxyl groups is 1. The van der Waals surface area contributed by atoms with E-state index in [4.69, 9.17) is 0 Å². The molecule has 20 heavy (non-hydrogen) atoms. The van der Waals surface area contributed by atoms with Crippen LogP contribution in [0.5, 0.6) is 0 Å². The lowest BCUT2D eigenvalue weighted by Gasteiger charge is -2.34. The number of nitrogens with zero attached hydrogens (tertiary/aromatic N) is 2. The van der Waals surface area contributed by atoms with E-state index in [0.29, 0.717) is 30.7 Å². The molecule has 110 valence electrons. The molecule has 5 heteroatoms. The summed E-state index contributed by atoms with van der Waals surface area (Å²) in [5.74, 6) is 1.54. The number of aliphatic hydroxyl groups excluding tert-OH is 1. The van der Waals surface area contributed by atoms with Crippen molar-refractivity contribution < 1.29 is 14.7 Å².